The van der Waals surface area contributed by atoms with Gasteiger partial charge in [-0.1, -0.05) is 12.5 Å². The van der Waals surface area contributed by atoms with Crippen molar-refractivity contribution in [2.45, 2.75) is 31.1 Å². The van der Waals surface area contributed by atoms with Crippen LogP contribution >= 0.6 is 0 Å². The van der Waals surface area contributed by atoms with Crippen molar-refractivity contribution in [3.8, 4) is 0 Å². The fraction of sp³-hybridized carbons (Fsp3) is 0.333. The van der Waals surface area contributed by atoms with Crippen molar-refractivity contribution in [2.75, 3.05) is 13.1 Å². The fourth-order valence-electron chi connectivity index (χ4n) is 3.08. The van der Waals surface area contributed by atoms with Gasteiger partial charge in [-0.3, -0.25) is 10.1 Å². The molecular weight excluding hydrogens is 418 g/mol. The summed E-state index contributed by atoms with van der Waals surface area (Å²) in [6, 6.07) is 3.58. The van der Waals surface area contributed by atoms with E-state index in [1.165, 1.54) is 47.7 Å². The highest BCUT2D eigenvalue weighted by molar-refractivity contribution is 7.95. The molecule has 0 bridgehead atoms. The van der Waals surface area contributed by atoms with Crippen LogP contribution in [0, 0.1) is 17.0 Å². The molecule has 1 fully saturated rings. The molecule has 0 aromatic heterocycles. The first-order chi connectivity index (χ1) is 13.6. The molecule has 1 aliphatic carbocycles. The highest BCUT2D eigenvalue weighted by Gasteiger charge is 2.23. The molecule has 1 atom stereocenters. The number of allylic oxidation sites excluding steroid dienone is 4. The highest BCUT2D eigenvalue weighted by Crippen LogP contribution is 2.24. The van der Waals surface area contributed by atoms with E-state index in [2.05, 4.69) is 4.40 Å². The van der Waals surface area contributed by atoms with E-state index >= 15 is 0 Å². The lowest BCUT2D eigenvalue weighted by molar-refractivity contribution is -0.385. The summed E-state index contributed by atoms with van der Waals surface area (Å²) in [5.41, 5.74) is 0.0951. The van der Waals surface area contributed by atoms with E-state index in [9.17, 15) is 27.3 Å². The van der Waals surface area contributed by atoms with E-state index in [0.717, 1.165) is 25.3 Å². The quantitative estimate of drug-likeness (QED) is 0.436. The Morgan fingerprint density at radius 2 is 1.69 bits per heavy atom. The largest absolute Gasteiger partial charge is 0.302 e. The van der Waals surface area contributed by atoms with E-state index in [1.807, 2.05) is 0 Å². The third kappa shape index (κ3) is 4.64. The topological polar surface area (TPSA) is 130 Å². The first kappa shape index (κ1) is 21.4. The van der Waals surface area contributed by atoms with Gasteiger partial charge in [0.1, 0.15) is 0 Å². The molecule has 1 saturated heterocycles. The van der Waals surface area contributed by atoms with Gasteiger partial charge in [0.15, 0.2) is 9.99 Å². The van der Waals surface area contributed by atoms with Crippen LogP contribution in [0.4, 0.5) is 5.69 Å². The Balaban J connectivity index is 1.90. The number of piperidine rings is 1. The second-order valence-electron chi connectivity index (χ2n) is 6.75. The Morgan fingerprint density at radius 3 is 2.28 bits per heavy atom. The number of benzene rings is 1. The van der Waals surface area contributed by atoms with Gasteiger partial charge in [0.2, 0.25) is 0 Å². The van der Waals surface area contributed by atoms with Crippen LogP contribution in [-0.4, -0.2) is 50.1 Å². The molecule has 1 N–H and O–H groups in total. The summed E-state index contributed by atoms with van der Waals surface area (Å²) in [7, 11) is -7.56. The first-order valence-electron chi connectivity index (χ1n) is 8.96. The minimum absolute atomic E-state index is 0.0609. The van der Waals surface area contributed by atoms with Crippen molar-refractivity contribution < 1.29 is 22.1 Å². The van der Waals surface area contributed by atoms with Crippen LogP contribution in [0.5, 0.6) is 0 Å². The molecule has 0 amide bonds. The molecule has 156 valence electrons. The first-order valence-corrected chi connectivity index (χ1v) is 11.9. The molecular formula is C18H21N3O6S2. The molecule has 0 saturated carbocycles. The summed E-state index contributed by atoms with van der Waals surface area (Å²) >= 11 is 0. The number of nitro benzene ring substituents is 1. The van der Waals surface area contributed by atoms with Gasteiger partial charge in [-0.25, -0.2) is 8.51 Å². The summed E-state index contributed by atoms with van der Waals surface area (Å²) in [6.45, 7) is 2.57. The monoisotopic (exact) mass is 439 g/mol. The lowest BCUT2D eigenvalue weighted by Crippen LogP contribution is -2.38. The number of nitrogens with zero attached hydrogens (tertiary/aromatic N) is 3. The van der Waals surface area contributed by atoms with Crippen LogP contribution in [0.15, 0.2) is 51.8 Å². The summed E-state index contributed by atoms with van der Waals surface area (Å²) < 4.78 is 53.5. The van der Waals surface area contributed by atoms with Crippen LogP contribution in [0.3, 0.4) is 0 Å². The van der Waals surface area contributed by atoms with Crippen molar-refractivity contribution in [1.82, 2.24) is 4.31 Å². The molecule has 3 rings (SSSR count). The lowest BCUT2D eigenvalue weighted by atomic mass is 10.2. The molecule has 1 aliphatic heterocycles. The zero-order chi connectivity index (χ0) is 21.2. The molecule has 29 heavy (non-hydrogen) atoms. The molecule has 9 nitrogen and oxygen atoms in total. The van der Waals surface area contributed by atoms with Crippen LogP contribution in [0.25, 0.3) is 0 Å². The summed E-state index contributed by atoms with van der Waals surface area (Å²) in [6.07, 6.45) is 8.17. The van der Waals surface area contributed by atoms with Crippen molar-refractivity contribution in [2.24, 2.45) is 4.40 Å². The molecule has 0 radical (unpaired) electrons. The minimum atomic E-state index is -4.18. The molecule has 1 aromatic rings. The van der Waals surface area contributed by atoms with Gasteiger partial charge in [0, 0.05) is 24.7 Å². The molecule has 2 aliphatic rings. The van der Waals surface area contributed by atoms with Gasteiger partial charge in [0.05, 0.1) is 20.4 Å². The standard InChI is InChI=1S/C18H21N3O6S2/c1-14-5-8-17(13-18(14)21(22)23)28(24,25)19-15-6-9-16(10-7-15)29(26,27)20-11-3-2-4-12-20/h5-10,13H,2-4,11-12H2,1H3,(H,26,27). The molecule has 1 heterocycles. The third-order valence-electron chi connectivity index (χ3n) is 4.71. The smallest absolute Gasteiger partial charge is 0.283 e. The predicted octanol–water partition coefficient (Wildman–Crippen LogP) is 2.49. The normalized spacial score (nSPS) is 19.8. The van der Waals surface area contributed by atoms with Crippen molar-refractivity contribution in [1.29, 1.82) is 0 Å². The van der Waals surface area contributed by atoms with Gasteiger partial charge in [-0.2, -0.15) is 12.8 Å². The average Bonchev–Trinajstić information content (AvgIpc) is 2.68. The van der Waals surface area contributed by atoms with E-state index in [1.54, 1.807) is 0 Å². The predicted molar refractivity (Wildman–Crippen MR) is 112 cm³/mol. The van der Waals surface area contributed by atoms with Gasteiger partial charge < -0.3 is 4.55 Å². The van der Waals surface area contributed by atoms with E-state index in [-0.39, 0.29) is 21.2 Å². The van der Waals surface area contributed by atoms with Gasteiger partial charge in [-0.05, 0) is 50.1 Å². The number of hydrogen-bond donors (Lipinski definition) is 1. The highest BCUT2D eigenvalue weighted by atomic mass is 32.2. The number of aryl methyl sites for hydroxylation is 1. The summed E-state index contributed by atoms with van der Waals surface area (Å²) in [5.74, 6) is 0. The molecule has 11 heteroatoms. The van der Waals surface area contributed by atoms with Crippen LogP contribution in [-0.2, 0) is 20.0 Å². The number of sulfonamides is 1. The van der Waals surface area contributed by atoms with Crippen LogP contribution in [0.2, 0.25) is 0 Å². The second-order valence-corrected chi connectivity index (χ2v) is 10.3. The summed E-state index contributed by atoms with van der Waals surface area (Å²) in [5, 5.41) is 11.0. The summed E-state index contributed by atoms with van der Waals surface area (Å²) in [4.78, 5) is 10.3. The average molecular weight is 440 g/mol. The zero-order valence-electron chi connectivity index (χ0n) is 15.7. The Labute approximate surface area is 169 Å². The fourth-order valence-corrected chi connectivity index (χ4v) is 5.63. The van der Waals surface area contributed by atoms with E-state index in [0.29, 0.717) is 18.7 Å². The lowest BCUT2D eigenvalue weighted by Gasteiger charge is -2.28. The van der Waals surface area contributed by atoms with Gasteiger partial charge >= 0.3 is 0 Å². The Bertz CT molecular complexity index is 1130. The Morgan fingerprint density at radius 1 is 1.07 bits per heavy atom. The zero-order valence-corrected chi connectivity index (χ0v) is 17.4. The molecule has 1 unspecified atom stereocenters. The number of rotatable bonds is 4. The van der Waals surface area contributed by atoms with Crippen molar-refractivity contribution in [3.63, 3.8) is 0 Å². The maximum atomic E-state index is 12.8. The SMILES string of the molecule is Cc1ccc(S(=O)(=O)N=C2C=CC(=S(=O)(O)N3CCCCC3)C=C2)cc1[N+](=O)[O-]. The van der Waals surface area contributed by atoms with E-state index in [4.69, 9.17) is 0 Å². The van der Waals surface area contributed by atoms with Crippen molar-refractivity contribution in [3.05, 3.63) is 58.2 Å². The molecule has 0 spiro atoms. The minimum Gasteiger partial charge on any atom is -0.302 e. The van der Waals surface area contributed by atoms with Gasteiger partial charge in [0.25, 0.3) is 15.7 Å². The number of hydrogen-bond acceptors (Lipinski definition) is 5. The number of nitro groups is 1. The van der Waals surface area contributed by atoms with E-state index < -0.39 is 24.9 Å². The van der Waals surface area contributed by atoms with Crippen LogP contribution in [0.1, 0.15) is 24.8 Å². The second kappa shape index (κ2) is 8.19. The Kier molecular flexibility index (Phi) is 6.03. The third-order valence-corrected chi connectivity index (χ3v) is 7.96. The maximum Gasteiger partial charge on any atom is 0.283 e. The maximum absolute atomic E-state index is 12.8. The van der Waals surface area contributed by atoms with Crippen LogP contribution < -0.4 is 0 Å². The Hall–Kier alpha value is -2.34. The van der Waals surface area contributed by atoms with Gasteiger partial charge in [-0.15, -0.1) is 0 Å². The van der Waals surface area contributed by atoms with Crippen molar-refractivity contribution >= 4 is 36.3 Å². The molecule has 1 aromatic carbocycles.